The summed E-state index contributed by atoms with van der Waals surface area (Å²) in [4.78, 5) is 27.7. The van der Waals surface area contributed by atoms with Crippen molar-refractivity contribution in [2.24, 2.45) is 0 Å². The normalized spacial score (nSPS) is 19.3. The number of amides is 1. The fourth-order valence-corrected chi connectivity index (χ4v) is 4.35. The molecule has 0 unspecified atom stereocenters. The summed E-state index contributed by atoms with van der Waals surface area (Å²) in [6.45, 7) is 2.39. The Kier molecular flexibility index (Phi) is 6.03. The molecule has 0 fully saturated rings. The van der Waals surface area contributed by atoms with Gasteiger partial charge in [0.2, 0.25) is 0 Å². The van der Waals surface area contributed by atoms with E-state index in [1.54, 1.807) is 29.2 Å². The van der Waals surface area contributed by atoms with Crippen molar-refractivity contribution in [3.05, 3.63) is 54.1 Å². The number of phenolic OH excluding ortho intramolecular Hbond substituents is 1. The zero-order valence-corrected chi connectivity index (χ0v) is 16.0. The minimum absolute atomic E-state index is 0.142. The molecule has 7 heteroatoms. The second-order valence-corrected chi connectivity index (χ2v) is 7.40. The Bertz CT molecular complexity index is 825. The molecular formula is C20H22N2O4S. The number of benzene rings is 2. The van der Waals surface area contributed by atoms with Gasteiger partial charge in [-0.1, -0.05) is 24.3 Å². The Morgan fingerprint density at radius 3 is 2.59 bits per heavy atom. The standard InChI is InChI=1S/C20H22N2O4S/c1-13(23)26-18-19(14-7-9-15(24)10-8-14)27-17-6-4-3-5-16(17)22(20(18)25)12-11-21-2/h3-10,18-19,21,24H,11-12H2,1-2H3/t18-,19+/m0/s1. The first-order chi connectivity index (χ1) is 13.0. The van der Waals surface area contributed by atoms with Crippen LogP contribution in [0.2, 0.25) is 0 Å². The number of carbonyl (C=O) groups is 2. The first-order valence-electron chi connectivity index (χ1n) is 8.69. The number of nitrogens with zero attached hydrogens (tertiary/aromatic N) is 1. The number of para-hydroxylation sites is 1. The van der Waals surface area contributed by atoms with Gasteiger partial charge in [0.05, 0.1) is 10.9 Å². The van der Waals surface area contributed by atoms with E-state index in [1.165, 1.54) is 18.7 Å². The van der Waals surface area contributed by atoms with E-state index in [0.717, 1.165) is 16.1 Å². The van der Waals surface area contributed by atoms with Crippen LogP contribution in [-0.4, -0.2) is 43.2 Å². The van der Waals surface area contributed by atoms with Crippen LogP contribution < -0.4 is 10.2 Å². The van der Waals surface area contributed by atoms with Crippen LogP contribution in [0.3, 0.4) is 0 Å². The smallest absolute Gasteiger partial charge is 0.303 e. The molecule has 0 spiro atoms. The number of anilines is 1. The molecule has 1 aliphatic heterocycles. The van der Waals surface area contributed by atoms with Crippen molar-refractivity contribution in [2.45, 2.75) is 23.2 Å². The molecule has 142 valence electrons. The predicted molar refractivity (Wildman–Crippen MR) is 105 cm³/mol. The third kappa shape index (κ3) is 4.26. The van der Waals surface area contributed by atoms with Gasteiger partial charge in [-0.3, -0.25) is 9.59 Å². The summed E-state index contributed by atoms with van der Waals surface area (Å²) in [5.74, 6) is -0.614. The highest BCUT2D eigenvalue weighted by Crippen LogP contribution is 2.46. The van der Waals surface area contributed by atoms with E-state index < -0.39 is 17.3 Å². The average molecular weight is 386 g/mol. The minimum atomic E-state index is -0.957. The number of hydrogen-bond donors (Lipinski definition) is 2. The lowest BCUT2D eigenvalue weighted by Gasteiger charge is -2.27. The molecule has 1 aliphatic rings. The molecule has 1 amide bonds. The fraction of sp³-hybridized carbons (Fsp3) is 0.300. The average Bonchev–Trinajstić information content (AvgIpc) is 2.76. The molecule has 2 atom stereocenters. The Morgan fingerprint density at radius 2 is 1.93 bits per heavy atom. The van der Waals surface area contributed by atoms with Crippen LogP contribution in [0.1, 0.15) is 17.7 Å². The number of ether oxygens (including phenoxy) is 1. The van der Waals surface area contributed by atoms with E-state index in [2.05, 4.69) is 5.32 Å². The molecule has 0 radical (unpaired) electrons. The van der Waals surface area contributed by atoms with E-state index >= 15 is 0 Å². The second kappa shape index (κ2) is 8.45. The summed E-state index contributed by atoms with van der Waals surface area (Å²) in [7, 11) is 1.83. The summed E-state index contributed by atoms with van der Waals surface area (Å²) >= 11 is 1.49. The maximum Gasteiger partial charge on any atom is 0.303 e. The van der Waals surface area contributed by atoms with Crippen LogP contribution in [0.15, 0.2) is 53.4 Å². The van der Waals surface area contributed by atoms with Crippen LogP contribution in [0, 0.1) is 0 Å². The Labute approximate surface area is 162 Å². The zero-order chi connectivity index (χ0) is 19.4. The maximum absolute atomic E-state index is 13.4. The van der Waals surface area contributed by atoms with Gasteiger partial charge in [0.15, 0.2) is 6.10 Å². The summed E-state index contributed by atoms with van der Waals surface area (Å²) in [5.41, 5.74) is 1.61. The first kappa shape index (κ1) is 19.3. The van der Waals surface area contributed by atoms with Crippen LogP contribution in [0.5, 0.6) is 5.75 Å². The third-order valence-corrected chi connectivity index (χ3v) is 5.67. The van der Waals surface area contributed by atoms with Crippen LogP contribution in [0.4, 0.5) is 5.69 Å². The summed E-state index contributed by atoms with van der Waals surface area (Å²) in [6.07, 6.45) is -0.957. The van der Waals surface area contributed by atoms with Gasteiger partial charge in [0.25, 0.3) is 5.91 Å². The van der Waals surface area contributed by atoms with Crippen molar-refractivity contribution in [1.82, 2.24) is 5.32 Å². The van der Waals surface area contributed by atoms with Gasteiger partial charge in [0.1, 0.15) is 5.75 Å². The van der Waals surface area contributed by atoms with Gasteiger partial charge >= 0.3 is 5.97 Å². The van der Waals surface area contributed by atoms with E-state index in [4.69, 9.17) is 4.74 Å². The van der Waals surface area contributed by atoms with Gasteiger partial charge in [-0.25, -0.2) is 0 Å². The van der Waals surface area contributed by atoms with Crippen molar-refractivity contribution < 1.29 is 19.4 Å². The number of nitrogens with one attached hydrogen (secondary N) is 1. The van der Waals surface area contributed by atoms with E-state index in [-0.39, 0.29) is 11.7 Å². The third-order valence-electron chi connectivity index (χ3n) is 4.29. The molecule has 6 nitrogen and oxygen atoms in total. The van der Waals surface area contributed by atoms with Gasteiger partial charge in [-0.15, -0.1) is 11.8 Å². The maximum atomic E-state index is 13.4. The SMILES string of the molecule is CNCCN1C(=O)[C@@H](OC(C)=O)[C@@H](c2ccc(O)cc2)Sc2ccccc21. The molecule has 0 bridgehead atoms. The number of carbonyl (C=O) groups excluding carboxylic acids is 2. The number of likely N-dealkylation sites (N-methyl/N-ethyl adjacent to an activating group) is 1. The van der Waals surface area contributed by atoms with Crippen molar-refractivity contribution in [3.63, 3.8) is 0 Å². The molecule has 27 heavy (non-hydrogen) atoms. The molecule has 2 aromatic carbocycles. The van der Waals surface area contributed by atoms with E-state index in [1.807, 2.05) is 31.3 Å². The van der Waals surface area contributed by atoms with Crippen LogP contribution >= 0.6 is 11.8 Å². The van der Waals surface area contributed by atoms with Gasteiger partial charge < -0.3 is 20.1 Å². The second-order valence-electron chi connectivity index (χ2n) is 6.22. The van der Waals surface area contributed by atoms with Crippen molar-refractivity contribution in [3.8, 4) is 5.75 Å². The zero-order valence-electron chi connectivity index (χ0n) is 15.2. The molecule has 2 N–H and O–H groups in total. The van der Waals surface area contributed by atoms with Crippen molar-refractivity contribution in [2.75, 3.05) is 25.0 Å². The largest absolute Gasteiger partial charge is 0.508 e. The number of thioether (sulfide) groups is 1. The van der Waals surface area contributed by atoms with Gasteiger partial charge in [-0.05, 0) is 36.9 Å². The van der Waals surface area contributed by atoms with Gasteiger partial charge in [-0.2, -0.15) is 0 Å². The quantitative estimate of drug-likeness (QED) is 0.770. The Morgan fingerprint density at radius 1 is 1.22 bits per heavy atom. The molecule has 0 saturated carbocycles. The molecule has 0 aromatic heterocycles. The number of hydrogen-bond acceptors (Lipinski definition) is 6. The fourth-order valence-electron chi connectivity index (χ4n) is 3.03. The number of aromatic hydroxyl groups is 1. The lowest BCUT2D eigenvalue weighted by atomic mass is 10.1. The summed E-state index contributed by atoms with van der Waals surface area (Å²) in [6, 6.07) is 14.3. The Balaban J connectivity index is 2.08. The minimum Gasteiger partial charge on any atom is -0.508 e. The number of phenols is 1. The van der Waals surface area contributed by atoms with E-state index in [0.29, 0.717) is 13.1 Å². The van der Waals surface area contributed by atoms with Crippen molar-refractivity contribution in [1.29, 1.82) is 0 Å². The van der Waals surface area contributed by atoms with E-state index in [9.17, 15) is 14.7 Å². The highest BCUT2D eigenvalue weighted by atomic mass is 32.2. The number of rotatable bonds is 5. The predicted octanol–water partition coefficient (Wildman–Crippen LogP) is 2.72. The first-order valence-corrected chi connectivity index (χ1v) is 9.57. The molecule has 0 saturated heterocycles. The molecule has 0 aliphatic carbocycles. The lowest BCUT2D eigenvalue weighted by molar-refractivity contribution is -0.152. The van der Waals surface area contributed by atoms with Crippen molar-refractivity contribution >= 4 is 29.3 Å². The monoisotopic (exact) mass is 386 g/mol. The molecule has 3 rings (SSSR count). The number of fused-ring (bicyclic) bond motifs is 1. The van der Waals surface area contributed by atoms with Crippen LogP contribution in [0.25, 0.3) is 0 Å². The number of esters is 1. The lowest BCUT2D eigenvalue weighted by Crippen LogP contribution is -2.45. The Hall–Kier alpha value is -2.51. The summed E-state index contributed by atoms with van der Waals surface area (Å²) in [5, 5.41) is 12.2. The highest BCUT2D eigenvalue weighted by Gasteiger charge is 2.40. The van der Waals surface area contributed by atoms with Crippen LogP contribution in [-0.2, 0) is 14.3 Å². The highest BCUT2D eigenvalue weighted by molar-refractivity contribution is 7.99. The molecule has 1 heterocycles. The topological polar surface area (TPSA) is 78.9 Å². The van der Waals surface area contributed by atoms with Gasteiger partial charge in [0, 0.05) is 24.9 Å². The summed E-state index contributed by atoms with van der Waals surface area (Å²) < 4.78 is 5.49. The molecule has 2 aromatic rings. The molecular weight excluding hydrogens is 364 g/mol.